The van der Waals surface area contributed by atoms with Crippen LogP contribution >= 0.6 is 11.6 Å². The lowest BCUT2D eigenvalue weighted by Gasteiger charge is -2.21. The maximum Gasteiger partial charge on any atom is 0.406 e. The van der Waals surface area contributed by atoms with E-state index in [2.05, 4.69) is 0 Å². The molecule has 1 aromatic heterocycles. The number of carbonyl (C=O) groups excluding carboxylic acids is 1. The van der Waals surface area contributed by atoms with Gasteiger partial charge in [-0.1, -0.05) is 11.6 Å². The quantitative estimate of drug-likeness (QED) is 0.799. The molecular weight excluding hydrogens is 307 g/mol. The van der Waals surface area contributed by atoms with Crippen molar-refractivity contribution in [2.45, 2.75) is 13.1 Å². The van der Waals surface area contributed by atoms with Crippen molar-refractivity contribution in [3.8, 4) is 0 Å². The average Bonchev–Trinajstić information content (AvgIpc) is 2.78. The van der Waals surface area contributed by atoms with E-state index < -0.39 is 18.6 Å². The summed E-state index contributed by atoms with van der Waals surface area (Å²) >= 11 is 5.46. The van der Waals surface area contributed by atoms with E-state index in [4.69, 9.17) is 16.0 Å². The first-order valence-electron chi connectivity index (χ1n) is 6.22. The number of hydrogen-bond acceptors (Lipinski definition) is 2. The van der Waals surface area contributed by atoms with Gasteiger partial charge in [0.05, 0.1) is 0 Å². The third-order valence-electron chi connectivity index (χ3n) is 2.89. The molecule has 1 heterocycles. The molecule has 1 aromatic carbocycles. The summed E-state index contributed by atoms with van der Waals surface area (Å²) in [4.78, 5) is 12.8. The van der Waals surface area contributed by atoms with Crippen molar-refractivity contribution in [1.82, 2.24) is 4.90 Å². The molecule has 2 aromatic rings. The van der Waals surface area contributed by atoms with Crippen molar-refractivity contribution < 1.29 is 22.4 Å². The predicted molar refractivity (Wildman–Crippen MR) is 73.6 cm³/mol. The van der Waals surface area contributed by atoms with Gasteiger partial charge in [-0.2, -0.15) is 13.2 Å². The summed E-state index contributed by atoms with van der Waals surface area (Å²) in [6, 6.07) is 6.72. The second kappa shape index (κ2) is 5.97. The highest BCUT2D eigenvalue weighted by Crippen LogP contribution is 2.23. The zero-order chi connectivity index (χ0) is 15.6. The summed E-state index contributed by atoms with van der Waals surface area (Å²) in [5.41, 5.74) is 1.43. The second-order valence-corrected chi connectivity index (χ2v) is 5.06. The van der Waals surface area contributed by atoms with Crippen LogP contribution in [0.4, 0.5) is 13.2 Å². The molecule has 0 aliphatic heterocycles. The fraction of sp³-hybridized carbons (Fsp3) is 0.357. The molecular formula is C14H13ClF3NO2. The van der Waals surface area contributed by atoms with Gasteiger partial charge in [-0.15, -0.1) is 11.6 Å². The third kappa shape index (κ3) is 3.91. The van der Waals surface area contributed by atoms with Gasteiger partial charge in [0, 0.05) is 17.8 Å². The van der Waals surface area contributed by atoms with Crippen LogP contribution in [-0.4, -0.2) is 36.0 Å². The summed E-state index contributed by atoms with van der Waals surface area (Å²) in [6.45, 7) is 0.321. The minimum Gasteiger partial charge on any atom is -0.451 e. The second-order valence-electron chi connectivity index (χ2n) is 4.68. The van der Waals surface area contributed by atoms with Crippen LogP contribution in [0.25, 0.3) is 11.0 Å². The first-order chi connectivity index (χ1) is 9.80. The first kappa shape index (κ1) is 15.7. The SMILES string of the molecule is Cc1ccc2oc(C(=O)N(CCCl)CC(F)(F)F)cc2c1. The molecule has 21 heavy (non-hydrogen) atoms. The maximum absolute atomic E-state index is 12.5. The molecule has 0 aliphatic carbocycles. The van der Waals surface area contributed by atoms with Gasteiger partial charge in [-0.25, -0.2) is 0 Å². The average molecular weight is 320 g/mol. The molecule has 0 unspecified atom stereocenters. The van der Waals surface area contributed by atoms with Gasteiger partial charge in [0.1, 0.15) is 12.1 Å². The van der Waals surface area contributed by atoms with E-state index in [0.717, 1.165) is 5.56 Å². The van der Waals surface area contributed by atoms with Crippen LogP contribution in [0.15, 0.2) is 28.7 Å². The molecule has 2 rings (SSSR count). The third-order valence-corrected chi connectivity index (χ3v) is 3.06. The van der Waals surface area contributed by atoms with Gasteiger partial charge in [-0.3, -0.25) is 4.79 Å². The lowest BCUT2D eigenvalue weighted by atomic mass is 10.2. The monoisotopic (exact) mass is 319 g/mol. The van der Waals surface area contributed by atoms with Crippen LogP contribution in [0, 0.1) is 6.92 Å². The van der Waals surface area contributed by atoms with Crippen molar-refractivity contribution in [2.24, 2.45) is 0 Å². The molecule has 3 nitrogen and oxygen atoms in total. The zero-order valence-corrected chi connectivity index (χ0v) is 12.0. The molecule has 114 valence electrons. The number of amides is 1. The molecule has 0 bridgehead atoms. The molecule has 0 saturated heterocycles. The highest BCUT2D eigenvalue weighted by molar-refractivity contribution is 6.18. The molecule has 0 atom stereocenters. The van der Waals surface area contributed by atoms with E-state index in [-0.39, 0.29) is 18.2 Å². The summed E-state index contributed by atoms with van der Waals surface area (Å²) in [5.74, 6) is -1.02. The Morgan fingerprint density at radius 3 is 2.67 bits per heavy atom. The van der Waals surface area contributed by atoms with Crippen LogP contribution in [-0.2, 0) is 0 Å². The number of aryl methyl sites for hydroxylation is 1. The first-order valence-corrected chi connectivity index (χ1v) is 6.76. The Hall–Kier alpha value is -1.69. The molecule has 0 saturated carbocycles. The number of carbonyl (C=O) groups is 1. The molecule has 0 fully saturated rings. The lowest BCUT2D eigenvalue weighted by Crippen LogP contribution is -2.40. The van der Waals surface area contributed by atoms with E-state index in [1.165, 1.54) is 6.07 Å². The Morgan fingerprint density at radius 2 is 2.05 bits per heavy atom. The van der Waals surface area contributed by atoms with Gasteiger partial charge in [0.25, 0.3) is 5.91 Å². The van der Waals surface area contributed by atoms with Gasteiger partial charge >= 0.3 is 6.18 Å². The fourth-order valence-electron chi connectivity index (χ4n) is 1.99. The summed E-state index contributed by atoms with van der Waals surface area (Å²) < 4.78 is 42.8. The number of rotatable bonds is 4. The minimum absolute atomic E-state index is 0.0822. The van der Waals surface area contributed by atoms with E-state index in [9.17, 15) is 18.0 Å². The molecule has 0 radical (unpaired) electrons. The van der Waals surface area contributed by atoms with Crippen LogP contribution in [0.3, 0.4) is 0 Å². The lowest BCUT2D eigenvalue weighted by molar-refractivity contribution is -0.140. The zero-order valence-electron chi connectivity index (χ0n) is 11.2. The Bertz CT molecular complexity index is 651. The number of hydrogen-bond donors (Lipinski definition) is 0. The minimum atomic E-state index is -4.48. The van der Waals surface area contributed by atoms with Crippen molar-refractivity contribution in [3.63, 3.8) is 0 Å². The number of halogens is 4. The van der Waals surface area contributed by atoms with Gasteiger partial charge in [-0.05, 0) is 25.1 Å². The van der Waals surface area contributed by atoms with E-state index in [0.29, 0.717) is 15.9 Å². The smallest absolute Gasteiger partial charge is 0.406 e. The number of nitrogens with zero attached hydrogens (tertiary/aromatic N) is 1. The highest BCUT2D eigenvalue weighted by Gasteiger charge is 2.34. The topological polar surface area (TPSA) is 33.5 Å². The maximum atomic E-state index is 12.5. The number of furan rings is 1. The largest absolute Gasteiger partial charge is 0.451 e. The van der Waals surface area contributed by atoms with Crippen molar-refractivity contribution in [2.75, 3.05) is 19.0 Å². The van der Waals surface area contributed by atoms with Crippen LogP contribution < -0.4 is 0 Å². The Balaban J connectivity index is 2.29. The molecule has 0 aliphatic rings. The van der Waals surface area contributed by atoms with E-state index >= 15 is 0 Å². The fourth-order valence-corrected chi connectivity index (χ4v) is 2.20. The number of fused-ring (bicyclic) bond motifs is 1. The van der Waals surface area contributed by atoms with E-state index in [1.54, 1.807) is 18.2 Å². The van der Waals surface area contributed by atoms with Gasteiger partial charge in [0.2, 0.25) is 0 Å². The van der Waals surface area contributed by atoms with Crippen LogP contribution in [0.1, 0.15) is 16.1 Å². The predicted octanol–water partition coefficient (Wildman–Crippen LogP) is 3.98. The van der Waals surface area contributed by atoms with Gasteiger partial charge in [0.15, 0.2) is 5.76 Å². The molecule has 0 spiro atoms. The molecule has 0 N–H and O–H groups in total. The van der Waals surface area contributed by atoms with Crippen LogP contribution in [0.5, 0.6) is 0 Å². The summed E-state index contributed by atoms with van der Waals surface area (Å²) in [5, 5.41) is 0.677. The standard InChI is InChI=1S/C14H13ClF3NO2/c1-9-2-3-11-10(6-9)7-12(21-11)13(20)19(5-4-15)8-14(16,17)18/h2-3,6-7H,4-5,8H2,1H3. The highest BCUT2D eigenvalue weighted by atomic mass is 35.5. The Labute approximate surface area is 124 Å². The normalized spacial score (nSPS) is 11.9. The molecule has 1 amide bonds. The van der Waals surface area contributed by atoms with Crippen molar-refractivity contribution in [1.29, 1.82) is 0 Å². The number of benzene rings is 1. The van der Waals surface area contributed by atoms with E-state index in [1.807, 2.05) is 6.92 Å². The number of alkyl halides is 4. The van der Waals surface area contributed by atoms with Gasteiger partial charge < -0.3 is 9.32 Å². The van der Waals surface area contributed by atoms with Crippen molar-refractivity contribution >= 4 is 28.5 Å². The Kier molecular flexibility index (Phi) is 4.46. The van der Waals surface area contributed by atoms with Crippen LogP contribution in [0.2, 0.25) is 0 Å². The Morgan fingerprint density at radius 1 is 1.33 bits per heavy atom. The summed E-state index contributed by atoms with van der Waals surface area (Å²) in [6.07, 6.45) is -4.48. The van der Waals surface area contributed by atoms with Crippen molar-refractivity contribution in [3.05, 3.63) is 35.6 Å². The summed E-state index contributed by atoms with van der Waals surface area (Å²) in [7, 11) is 0. The molecule has 7 heteroatoms.